The van der Waals surface area contributed by atoms with Gasteiger partial charge in [-0.2, -0.15) is 0 Å². The van der Waals surface area contributed by atoms with Crippen molar-refractivity contribution in [2.45, 2.75) is 12.5 Å². The lowest BCUT2D eigenvalue weighted by atomic mass is 10.2. The molecule has 1 aliphatic heterocycles. The van der Waals surface area contributed by atoms with Gasteiger partial charge in [0.1, 0.15) is 17.3 Å². The largest absolute Gasteiger partial charge is 0.382 e. The fourth-order valence-electron chi connectivity index (χ4n) is 2.00. The second-order valence-electron chi connectivity index (χ2n) is 4.53. The molecule has 2 rings (SSSR count). The van der Waals surface area contributed by atoms with Gasteiger partial charge < -0.3 is 15.5 Å². The molecule has 0 spiro atoms. The average molecular weight is 234 g/mol. The van der Waals surface area contributed by atoms with Gasteiger partial charge in [0, 0.05) is 19.1 Å². The van der Waals surface area contributed by atoms with Crippen molar-refractivity contribution >= 4 is 11.7 Å². The van der Waals surface area contributed by atoms with Gasteiger partial charge in [0.25, 0.3) is 0 Å². The van der Waals surface area contributed by atoms with Crippen LogP contribution in [0.5, 0.6) is 0 Å². The predicted molar refractivity (Wildman–Crippen MR) is 67.4 cm³/mol. The molecule has 0 amide bonds. The monoisotopic (exact) mass is 234 g/mol. The van der Waals surface area contributed by atoms with Gasteiger partial charge in [-0.15, -0.1) is 0 Å². The molecule has 1 saturated heterocycles. The molecule has 0 aromatic carbocycles. The minimum atomic E-state index is -0.0448. The molecule has 1 aromatic heterocycles. The Morgan fingerprint density at radius 3 is 2.71 bits per heavy atom. The van der Waals surface area contributed by atoms with Crippen molar-refractivity contribution in [2.75, 3.05) is 32.1 Å². The number of nitrogens with zero attached hydrogens (tertiary/aromatic N) is 4. The van der Waals surface area contributed by atoms with Crippen LogP contribution in [-0.4, -0.2) is 53.9 Å². The third-order valence-electron chi connectivity index (χ3n) is 3.13. The van der Waals surface area contributed by atoms with Gasteiger partial charge in [-0.3, -0.25) is 5.41 Å². The molecular weight excluding hydrogens is 216 g/mol. The number of rotatable bonds is 3. The first kappa shape index (κ1) is 11.8. The molecule has 3 N–H and O–H groups in total. The molecule has 17 heavy (non-hydrogen) atoms. The Labute approximate surface area is 101 Å². The minimum absolute atomic E-state index is 0.0448. The molecule has 0 aliphatic carbocycles. The van der Waals surface area contributed by atoms with Crippen molar-refractivity contribution in [1.29, 1.82) is 5.41 Å². The van der Waals surface area contributed by atoms with Gasteiger partial charge in [-0.25, -0.2) is 9.97 Å². The molecule has 1 fully saturated rings. The summed E-state index contributed by atoms with van der Waals surface area (Å²) >= 11 is 0. The summed E-state index contributed by atoms with van der Waals surface area (Å²) in [4.78, 5) is 12.9. The maximum Gasteiger partial charge on any atom is 0.147 e. The van der Waals surface area contributed by atoms with E-state index in [2.05, 4.69) is 33.9 Å². The molecular formula is C11H18N6. The van der Waals surface area contributed by atoms with E-state index in [1.54, 1.807) is 12.4 Å². The first-order valence-corrected chi connectivity index (χ1v) is 5.65. The number of hydrogen-bond donors (Lipinski definition) is 2. The van der Waals surface area contributed by atoms with Gasteiger partial charge in [0.2, 0.25) is 0 Å². The summed E-state index contributed by atoms with van der Waals surface area (Å²) in [5.41, 5.74) is 5.77. The molecule has 0 saturated carbocycles. The second kappa shape index (κ2) is 4.67. The zero-order chi connectivity index (χ0) is 12.4. The van der Waals surface area contributed by atoms with E-state index in [9.17, 15) is 0 Å². The average Bonchev–Trinajstić information content (AvgIpc) is 2.78. The van der Waals surface area contributed by atoms with Crippen LogP contribution >= 0.6 is 0 Å². The number of nitrogen functional groups attached to an aromatic ring is 1. The number of amidine groups is 1. The van der Waals surface area contributed by atoms with Crippen LogP contribution in [0, 0.1) is 5.41 Å². The Kier molecular flexibility index (Phi) is 3.23. The highest BCUT2D eigenvalue weighted by Crippen LogP contribution is 2.19. The molecule has 6 heteroatoms. The highest BCUT2D eigenvalue weighted by atomic mass is 15.3. The summed E-state index contributed by atoms with van der Waals surface area (Å²) in [7, 11) is 4.19. The molecule has 6 nitrogen and oxygen atoms in total. The van der Waals surface area contributed by atoms with E-state index >= 15 is 0 Å². The Hall–Kier alpha value is -1.69. The molecule has 1 aliphatic rings. The normalized spacial score (nSPS) is 19.9. The first-order chi connectivity index (χ1) is 8.08. The quantitative estimate of drug-likeness (QED) is 0.564. The zero-order valence-electron chi connectivity index (χ0n) is 10.2. The number of nitrogens with two attached hydrogens (primary N) is 1. The highest BCUT2D eigenvalue weighted by molar-refractivity contribution is 5.92. The Balaban J connectivity index is 2.06. The SMILES string of the molecule is CN(C)C1CCN(c2cnc(C(=N)N)cn2)C1. The van der Waals surface area contributed by atoms with Crippen LogP contribution in [0.25, 0.3) is 0 Å². The van der Waals surface area contributed by atoms with E-state index in [4.69, 9.17) is 11.1 Å². The van der Waals surface area contributed by atoms with Crippen LogP contribution in [0.15, 0.2) is 12.4 Å². The molecule has 0 radical (unpaired) electrons. The lowest BCUT2D eigenvalue weighted by Crippen LogP contribution is -2.31. The summed E-state index contributed by atoms with van der Waals surface area (Å²) < 4.78 is 0. The molecule has 1 unspecified atom stereocenters. The van der Waals surface area contributed by atoms with Crippen LogP contribution in [0.4, 0.5) is 5.82 Å². The standard InChI is InChI=1S/C11H18N6/c1-16(2)8-3-4-17(7-8)10-6-14-9(5-15-10)11(12)13/h5-6,8H,3-4,7H2,1-2H3,(H3,12,13). The summed E-state index contributed by atoms with van der Waals surface area (Å²) in [6.07, 6.45) is 4.39. The van der Waals surface area contributed by atoms with Crippen molar-refractivity contribution in [3.63, 3.8) is 0 Å². The van der Waals surface area contributed by atoms with Crippen LogP contribution < -0.4 is 10.6 Å². The Morgan fingerprint density at radius 2 is 2.24 bits per heavy atom. The van der Waals surface area contributed by atoms with E-state index in [-0.39, 0.29) is 5.84 Å². The number of anilines is 1. The van der Waals surface area contributed by atoms with Crippen LogP contribution in [0.1, 0.15) is 12.1 Å². The number of likely N-dealkylation sites (N-methyl/N-ethyl adjacent to an activating group) is 1. The Bertz CT molecular complexity index is 399. The summed E-state index contributed by atoms with van der Waals surface area (Å²) in [5.74, 6) is 0.816. The van der Waals surface area contributed by atoms with E-state index in [0.29, 0.717) is 11.7 Å². The van der Waals surface area contributed by atoms with Gasteiger partial charge in [0.05, 0.1) is 12.4 Å². The first-order valence-electron chi connectivity index (χ1n) is 5.65. The van der Waals surface area contributed by atoms with E-state index in [0.717, 1.165) is 25.3 Å². The second-order valence-corrected chi connectivity index (χ2v) is 4.53. The van der Waals surface area contributed by atoms with Crippen molar-refractivity contribution < 1.29 is 0 Å². The van der Waals surface area contributed by atoms with Gasteiger partial charge >= 0.3 is 0 Å². The number of hydrogen-bond acceptors (Lipinski definition) is 5. The van der Waals surface area contributed by atoms with Crippen molar-refractivity contribution in [3.8, 4) is 0 Å². The van der Waals surface area contributed by atoms with E-state index < -0.39 is 0 Å². The van der Waals surface area contributed by atoms with Crippen LogP contribution in [0.3, 0.4) is 0 Å². The van der Waals surface area contributed by atoms with E-state index in [1.165, 1.54) is 0 Å². The number of nitrogens with one attached hydrogen (secondary N) is 1. The van der Waals surface area contributed by atoms with Gasteiger partial charge in [-0.1, -0.05) is 0 Å². The molecule has 2 heterocycles. The maximum absolute atomic E-state index is 7.26. The molecule has 92 valence electrons. The lowest BCUT2D eigenvalue weighted by molar-refractivity contribution is 0.315. The summed E-state index contributed by atoms with van der Waals surface area (Å²) in [5, 5.41) is 7.26. The van der Waals surface area contributed by atoms with Crippen LogP contribution in [0.2, 0.25) is 0 Å². The van der Waals surface area contributed by atoms with Gasteiger partial charge in [0.15, 0.2) is 0 Å². The summed E-state index contributed by atoms with van der Waals surface area (Å²) in [6, 6.07) is 0.573. The lowest BCUT2D eigenvalue weighted by Gasteiger charge is -2.20. The maximum atomic E-state index is 7.26. The third-order valence-corrected chi connectivity index (χ3v) is 3.13. The summed E-state index contributed by atoms with van der Waals surface area (Å²) in [6.45, 7) is 1.97. The number of aromatic nitrogens is 2. The van der Waals surface area contributed by atoms with Gasteiger partial charge in [-0.05, 0) is 20.5 Å². The minimum Gasteiger partial charge on any atom is -0.382 e. The topological polar surface area (TPSA) is 82.1 Å². The van der Waals surface area contributed by atoms with Crippen molar-refractivity contribution in [2.24, 2.45) is 5.73 Å². The fourth-order valence-corrected chi connectivity index (χ4v) is 2.00. The molecule has 1 aromatic rings. The molecule has 1 atom stereocenters. The zero-order valence-corrected chi connectivity index (χ0v) is 10.2. The fraction of sp³-hybridized carbons (Fsp3) is 0.545. The van der Waals surface area contributed by atoms with Crippen LogP contribution in [-0.2, 0) is 0 Å². The highest BCUT2D eigenvalue weighted by Gasteiger charge is 2.24. The van der Waals surface area contributed by atoms with Crippen molar-refractivity contribution in [3.05, 3.63) is 18.1 Å². The third kappa shape index (κ3) is 2.52. The predicted octanol–water partition coefficient (Wildman–Crippen LogP) is -0.0990. The van der Waals surface area contributed by atoms with Crippen molar-refractivity contribution in [1.82, 2.24) is 14.9 Å². The molecule has 0 bridgehead atoms. The smallest absolute Gasteiger partial charge is 0.147 e. The Morgan fingerprint density at radius 1 is 1.47 bits per heavy atom. The van der Waals surface area contributed by atoms with E-state index in [1.807, 2.05) is 0 Å².